The van der Waals surface area contributed by atoms with Crippen LogP contribution in [0.1, 0.15) is 32.6 Å². The molecule has 0 bridgehead atoms. The van der Waals surface area contributed by atoms with E-state index in [-0.39, 0.29) is 0 Å². The molecule has 98 valence electrons. The lowest BCUT2D eigenvalue weighted by molar-refractivity contribution is -0.908. The monoisotopic (exact) mass is 230 g/mol. The Kier molecular flexibility index (Phi) is 8.90. The molecule has 16 heavy (non-hydrogen) atoms. The van der Waals surface area contributed by atoms with E-state index in [1.54, 1.807) is 0 Å². The van der Waals surface area contributed by atoms with Gasteiger partial charge in [-0.15, -0.1) is 0 Å². The standard InChI is InChI=1S/C13H32N3/c1-5-11-16(4,13-9-14)12-8-6-7-10-15(2)3/h5-14H2,1-4H3/q+1. The quantitative estimate of drug-likeness (QED) is 0.455. The molecule has 3 heteroatoms. The molecule has 0 amide bonds. The highest BCUT2D eigenvalue weighted by Gasteiger charge is 2.18. The van der Waals surface area contributed by atoms with E-state index in [1.807, 2.05) is 0 Å². The van der Waals surface area contributed by atoms with Crippen LogP contribution in [0.4, 0.5) is 0 Å². The van der Waals surface area contributed by atoms with Gasteiger partial charge in [-0.25, -0.2) is 0 Å². The zero-order valence-electron chi connectivity index (χ0n) is 11.8. The maximum atomic E-state index is 5.69. The maximum Gasteiger partial charge on any atom is 0.0909 e. The van der Waals surface area contributed by atoms with Gasteiger partial charge in [0.15, 0.2) is 0 Å². The van der Waals surface area contributed by atoms with Gasteiger partial charge in [-0.1, -0.05) is 6.92 Å². The number of quaternary nitrogens is 1. The largest absolute Gasteiger partial charge is 0.326 e. The summed E-state index contributed by atoms with van der Waals surface area (Å²) < 4.78 is 1.16. The molecule has 0 saturated carbocycles. The first-order valence-corrected chi connectivity index (χ1v) is 6.72. The van der Waals surface area contributed by atoms with E-state index in [2.05, 4.69) is 33.0 Å². The van der Waals surface area contributed by atoms with Gasteiger partial charge in [0.25, 0.3) is 0 Å². The minimum Gasteiger partial charge on any atom is -0.326 e. The van der Waals surface area contributed by atoms with Crippen molar-refractivity contribution in [3.8, 4) is 0 Å². The van der Waals surface area contributed by atoms with Crippen LogP contribution in [0, 0.1) is 0 Å². The third-order valence-corrected chi connectivity index (χ3v) is 3.24. The zero-order chi connectivity index (χ0) is 12.4. The molecule has 1 unspecified atom stereocenters. The number of likely N-dealkylation sites (N-methyl/N-ethyl adjacent to an activating group) is 1. The summed E-state index contributed by atoms with van der Waals surface area (Å²) in [6.45, 7) is 7.98. The smallest absolute Gasteiger partial charge is 0.0909 e. The maximum absolute atomic E-state index is 5.69. The molecule has 0 saturated heterocycles. The Morgan fingerprint density at radius 3 is 2.19 bits per heavy atom. The summed E-state index contributed by atoms with van der Waals surface area (Å²) in [5.74, 6) is 0. The van der Waals surface area contributed by atoms with Gasteiger partial charge in [0.2, 0.25) is 0 Å². The predicted molar refractivity (Wildman–Crippen MR) is 72.5 cm³/mol. The van der Waals surface area contributed by atoms with Crippen molar-refractivity contribution in [2.75, 3.05) is 53.9 Å². The Balaban J connectivity index is 3.67. The Morgan fingerprint density at radius 2 is 1.69 bits per heavy atom. The first kappa shape index (κ1) is 15.9. The molecule has 0 aliphatic rings. The van der Waals surface area contributed by atoms with Crippen LogP contribution in [0.25, 0.3) is 0 Å². The summed E-state index contributed by atoms with van der Waals surface area (Å²) in [5.41, 5.74) is 5.69. The van der Waals surface area contributed by atoms with Crippen LogP contribution in [-0.2, 0) is 0 Å². The average molecular weight is 230 g/mol. The van der Waals surface area contributed by atoms with Crippen LogP contribution in [0.3, 0.4) is 0 Å². The van der Waals surface area contributed by atoms with Crippen LogP contribution in [0.5, 0.6) is 0 Å². The van der Waals surface area contributed by atoms with E-state index >= 15 is 0 Å². The normalized spacial score (nSPS) is 15.4. The van der Waals surface area contributed by atoms with Crippen LogP contribution in [0.15, 0.2) is 0 Å². The van der Waals surface area contributed by atoms with Crippen molar-refractivity contribution in [1.82, 2.24) is 4.90 Å². The van der Waals surface area contributed by atoms with E-state index in [1.165, 1.54) is 45.3 Å². The number of hydrogen-bond acceptors (Lipinski definition) is 2. The summed E-state index contributed by atoms with van der Waals surface area (Å²) in [6, 6.07) is 0. The first-order valence-electron chi connectivity index (χ1n) is 6.72. The molecule has 0 aliphatic carbocycles. The van der Waals surface area contributed by atoms with E-state index < -0.39 is 0 Å². The molecule has 1 atom stereocenters. The van der Waals surface area contributed by atoms with Crippen molar-refractivity contribution in [3.63, 3.8) is 0 Å². The number of unbranched alkanes of at least 4 members (excludes halogenated alkanes) is 2. The SMILES string of the molecule is CCC[N+](C)(CCN)CCCCCN(C)C. The highest BCUT2D eigenvalue weighted by atomic mass is 15.3. The van der Waals surface area contributed by atoms with Crippen LogP contribution >= 0.6 is 0 Å². The Bertz CT molecular complexity index is 151. The molecule has 0 fully saturated rings. The molecule has 0 aliphatic heterocycles. The summed E-state index contributed by atoms with van der Waals surface area (Å²) >= 11 is 0. The number of hydrogen-bond donors (Lipinski definition) is 1. The van der Waals surface area contributed by atoms with Crippen molar-refractivity contribution in [2.24, 2.45) is 5.73 Å². The number of rotatable bonds is 10. The lowest BCUT2D eigenvalue weighted by atomic mass is 10.2. The van der Waals surface area contributed by atoms with Gasteiger partial charge < -0.3 is 15.1 Å². The summed E-state index contributed by atoms with van der Waals surface area (Å²) in [5, 5.41) is 0. The summed E-state index contributed by atoms with van der Waals surface area (Å²) in [4.78, 5) is 2.26. The lowest BCUT2D eigenvalue weighted by Gasteiger charge is -2.34. The molecule has 0 rings (SSSR count). The molecule has 0 aromatic carbocycles. The van der Waals surface area contributed by atoms with Crippen molar-refractivity contribution < 1.29 is 4.48 Å². The second-order valence-corrected chi connectivity index (χ2v) is 5.44. The van der Waals surface area contributed by atoms with Gasteiger partial charge in [-0.2, -0.15) is 0 Å². The Hall–Kier alpha value is -0.120. The summed E-state index contributed by atoms with van der Waals surface area (Å²) in [6.07, 6.45) is 5.26. The van der Waals surface area contributed by atoms with E-state index in [0.717, 1.165) is 17.6 Å². The molecule has 3 nitrogen and oxygen atoms in total. The fraction of sp³-hybridized carbons (Fsp3) is 1.00. The molecule has 0 aromatic heterocycles. The van der Waals surface area contributed by atoms with Crippen molar-refractivity contribution >= 4 is 0 Å². The molecule has 2 N–H and O–H groups in total. The van der Waals surface area contributed by atoms with Gasteiger partial charge in [-0.05, 0) is 46.3 Å². The summed E-state index contributed by atoms with van der Waals surface area (Å²) in [7, 11) is 6.64. The van der Waals surface area contributed by atoms with Crippen molar-refractivity contribution in [3.05, 3.63) is 0 Å². The molecule has 0 radical (unpaired) electrons. The van der Waals surface area contributed by atoms with Gasteiger partial charge >= 0.3 is 0 Å². The minimum absolute atomic E-state index is 0.814. The number of nitrogens with zero attached hydrogens (tertiary/aromatic N) is 2. The van der Waals surface area contributed by atoms with E-state index in [0.29, 0.717) is 0 Å². The highest BCUT2D eigenvalue weighted by Crippen LogP contribution is 2.08. The van der Waals surface area contributed by atoms with Crippen LogP contribution in [-0.4, -0.2) is 63.2 Å². The van der Waals surface area contributed by atoms with Crippen molar-refractivity contribution in [2.45, 2.75) is 32.6 Å². The molecule has 0 aromatic rings. The molecule has 0 heterocycles. The minimum atomic E-state index is 0.814. The Labute approximate surface area is 102 Å². The highest BCUT2D eigenvalue weighted by molar-refractivity contribution is 4.48. The first-order chi connectivity index (χ1) is 7.54. The van der Waals surface area contributed by atoms with Gasteiger partial charge in [0.1, 0.15) is 0 Å². The third-order valence-electron chi connectivity index (χ3n) is 3.24. The second-order valence-electron chi connectivity index (χ2n) is 5.44. The van der Waals surface area contributed by atoms with Gasteiger partial charge in [-0.3, -0.25) is 0 Å². The lowest BCUT2D eigenvalue weighted by Crippen LogP contribution is -2.48. The van der Waals surface area contributed by atoms with Crippen molar-refractivity contribution in [1.29, 1.82) is 0 Å². The molecular formula is C13H32N3+. The zero-order valence-corrected chi connectivity index (χ0v) is 11.8. The van der Waals surface area contributed by atoms with E-state index in [4.69, 9.17) is 5.73 Å². The predicted octanol–water partition coefficient (Wildman–Crippen LogP) is 1.53. The number of nitrogens with two attached hydrogens (primary N) is 1. The molecule has 0 spiro atoms. The van der Waals surface area contributed by atoms with Crippen LogP contribution < -0.4 is 5.73 Å². The van der Waals surface area contributed by atoms with Gasteiger partial charge in [0, 0.05) is 6.54 Å². The van der Waals surface area contributed by atoms with E-state index in [9.17, 15) is 0 Å². The Morgan fingerprint density at radius 1 is 1.00 bits per heavy atom. The van der Waals surface area contributed by atoms with Crippen LogP contribution in [0.2, 0.25) is 0 Å². The third kappa shape index (κ3) is 8.08. The average Bonchev–Trinajstić information content (AvgIpc) is 2.17. The molecular weight excluding hydrogens is 198 g/mol. The second kappa shape index (κ2) is 8.97. The fourth-order valence-electron chi connectivity index (χ4n) is 2.29. The topological polar surface area (TPSA) is 29.3 Å². The van der Waals surface area contributed by atoms with Gasteiger partial charge in [0.05, 0.1) is 26.7 Å². The fourth-order valence-corrected chi connectivity index (χ4v) is 2.29.